The fourth-order valence-electron chi connectivity index (χ4n) is 1.35. The standard InChI is InChI=1S/C9H14N2O2/c1-10(2)8(9(12)13)7-4-5-11(3)6-7/h4-6,8H,1-3H3,(H,12,13). The highest BCUT2D eigenvalue weighted by Gasteiger charge is 2.22. The molecule has 4 nitrogen and oxygen atoms in total. The third kappa shape index (κ3) is 2.09. The molecule has 0 aliphatic heterocycles. The van der Waals surface area contributed by atoms with Crippen LogP contribution in [0.5, 0.6) is 0 Å². The van der Waals surface area contributed by atoms with Gasteiger partial charge in [0.2, 0.25) is 0 Å². The minimum Gasteiger partial charge on any atom is -0.480 e. The Morgan fingerprint density at radius 3 is 2.54 bits per heavy atom. The van der Waals surface area contributed by atoms with Crippen molar-refractivity contribution >= 4 is 5.97 Å². The first-order valence-electron chi connectivity index (χ1n) is 4.03. The Morgan fingerprint density at radius 2 is 2.23 bits per heavy atom. The van der Waals surface area contributed by atoms with Crippen molar-refractivity contribution in [1.29, 1.82) is 0 Å². The summed E-state index contributed by atoms with van der Waals surface area (Å²) in [6.07, 6.45) is 3.66. The zero-order valence-corrected chi connectivity index (χ0v) is 8.06. The van der Waals surface area contributed by atoms with E-state index in [4.69, 9.17) is 5.11 Å². The lowest BCUT2D eigenvalue weighted by atomic mass is 10.1. The first kappa shape index (κ1) is 9.80. The van der Waals surface area contributed by atoms with Gasteiger partial charge >= 0.3 is 5.97 Å². The second-order valence-corrected chi connectivity index (χ2v) is 3.31. The quantitative estimate of drug-likeness (QED) is 0.749. The first-order valence-corrected chi connectivity index (χ1v) is 4.03. The fraction of sp³-hybridized carbons (Fsp3) is 0.444. The van der Waals surface area contributed by atoms with Crippen LogP contribution in [0.3, 0.4) is 0 Å². The highest BCUT2D eigenvalue weighted by atomic mass is 16.4. The smallest absolute Gasteiger partial charge is 0.325 e. The second-order valence-electron chi connectivity index (χ2n) is 3.31. The van der Waals surface area contributed by atoms with Gasteiger partial charge in [0.25, 0.3) is 0 Å². The molecular weight excluding hydrogens is 168 g/mol. The van der Waals surface area contributed by atoms with E-state index in [1.165, 1.54) is 0 Å². The summed E-state index contributed by atoms with van der Waals surface area (Å²) in [5.41, 5.74) is 0.806. The van der Waals surface area contributed by atoms with Crippen LogP contribution in [0.2, 0.25) is 0 Å². The van der Waals surface area contributed by atoms with Gasteiger partial charge in [-0.1, -0.05) is 0 Å². The van der Waals surface area contributed by atoms with E-state index in [2.05, 4.69) is 0 Å². The van der Waals surface area contributed by atoms with Crippen LogP contribution in [0.1, 0.15) is 11.6 Å². The van der Waals surface area contributed by atoms with Gasteiger partial charge in [-0.25, -0.2) is 0 Å². The van der Waals surface area contributed by atoms with Crippen LogP contribution in [0.15, 0.2) is 18.5 Å². The number of nitrogens with zero attached hydrogens (tertiary/aromatic N) is 2. The number of hydrogen-bond acceptors (Lipinski definition) is 2. The van der Waals surface area contributed by atoms with Crippen LogP contribution in [0.25, 0.3) is 0 Å². The minimum absolute atomic E-state index is 0.554. The van der Waals surface area contributed by atoms with E-state index in [9.17, 15) is 4.79 Å². The maximum absolute atomic E-state index is 10.9. The fourth-order valence-corrected chi connectivity index (χ4v) is 1.35. The molecule has 0 spiro atoms. The van der Waals surface area contributed by atoms with Crippen molar-refractivity contribution in [3.8, 4) is 0 Å². The second kappa shape index (κ2) is 3.62. The molecule has 0 aliphatic carbocycles. The van der Waals surface area contributed by atoms with Crippen molar-refractivity contribution in [2.24, 2.45) is 7.05 Å². The predicted molar refractivity (Wildman–Crippen MR) is 49.5 cm³/mol. The average molecular weight is 182 g/mol. The Labute approximate surface area is 77.4 Å². The van der Waals surface area contributed by atoms with Gasteiger partial charge in [-0.3, -0.25) is 9.69 Å². The van der Waals surface area contributed by atoms with E-state index in [-0.39, 0.29) is 0 Å². The normalized spacial score (nSPS) is 13.2. The van der Waals surface area contributed by atoms with Gasteiger partial charge in [0.05, 0.1) is 0 Å². The largest absolute Gasteiger partial charge is 0.480 e. The molecule has 0 radical (unpaired) electrons. The summed E-state index contributed by atoms with van der Waals surface area (Å²) >= 11 is 0. The van der Waals surface area contributed by atoms with E-state index < -0.39 is 12.0 Å². The zero-order valence-electron chi connectivity index (χ0n) is 8.06. The van der Waals surface area contributed by atoms with Crippen LogP contribution in [-0.4, -0.2) is 34.6 Å². The Balaban J connectivity index is 2.95. The van der Waals surface area contributed by atoms with Gasteiger partial charge in [0, 0.05) is 19.4 Å². The molecule has 1 aromatic rings. The molecule has 0 bridgehead atoms. The van der Waals surface area contributed by atoms with Gasteiger partial charge in [-0.15, -0.1) is 0 Å². The molecule has 72 valence electrons. The molecule has 1 heterocycles. The molecule has 1 atom stereocenters. The van der Waals surface area contributed by atoms with Gasteiger partial charge in [-0.05, 0) is 25.7 Å². The molecule has 1 N–H and O–H groups in total. The highest BCUT2D eigenvalue weighted by molar-refractivity contribution is 5.75. The number of aromatic nitrogens is 1. The summed E-state index contributed by atoms with van der Waals surface area (Å²) < 4.78 is 1.84. The third-order valence-corrected chi connectivity index (χ3v) is 1.92. The maximum Gasteiger partial charge on any atom is 0.325 e. The van der Waals surface area contributed by atoms with Crippen molar-refractivity contribution in [3.05, 3.63) is 24.0 Å². The van der Waals surface area contributed by atoms with Crippen LogP contribution in [-0.2, 0) is 11.8 Å². The molecule has 4 heteroatoms. The number of likely N-dealkylation sites (N-methyl/N-ethyl adjacent to an activating group) is 1. The predicted octanol–water partition coefficient (Wildman–Crippen LogP) is 0.712. The summed E-state index contributed by atoms with van der Waals surface area (Å²) in [6, 6.07) is 1.26. The Kier molecular flexibility index (Phi) is 2.72. The van der Waals surface area contributed by atoms with Gasteiger partial charge in [0.15, 0.2) is 0 Å². The van der Waals surface area contributed by atoms with Gasteiger partial charge < -0.3 is 9.67 Å². The van der Waals surface area contributed by atoms with Crippen LogP contribution >= 0.6 is 0 Å². The summed E-state index contributed by atoms with van der Waals surface area (Å²) in [4.78, 5) is 12.6. The first-order chi connectivity index (χ1) is 6.02. The van der Waals surface area contributed by atoms with Crippen molar-refractivity contribution in [3.63, 3.8) is 0 Å². The molecule has 0 aliphatic rings. The Bertz CT molecular complexity index is 304. The number of carboxylic acid groups (broad SMARTS) is 1. The van der Waals surface area contributed by atoms with Crippen LogP contribution in [0.4, 0.5) is 0 Å². The molecule has 1 unspecified atom stereocenters. The molecule has 0 saturated heterocycles. The third-order valence-electron chi connectivity index (χ3n) is 1.92. The molecule has 1 aromatic heterocycles. The lowest BCUT2D eigenvalue weighted by Crippen LogP contribution is -2.27. The SMILES string of the molecule is CN(C)C(C(=O)O)c1ccn(C)c1. The van der Waals surface area contributed by atoms with E-state index in [1.807, 2.05) is 30.1 Å². The lowest BCUT2D eigenvalue weighted by Gasteiger charge is -2.18. The number of aryl methyl sites for hydroxylation is 1. The number of carbonyl (C=O) groups is 1. The van der Waals surface area contributed by atoms with E-state index in [0.717, 1.165) is 5.56 Å². The molecule has 0 amide bonds. The molecule has 1 rings (SSSR count). The van der Waals surface area contributed by atoms with E-state index in [1.54, 1.807) is 19.0 Å². The highest BCUT2D eigenvalue weighted by Crippen LogP contribution is 2.17. The molecule has 13 heavy (non-hydrogen) atoms. The van der Waals surface area contributed by atoms with Crippen molar-refractivity contribution < 1.29 is 9.90 Å². The Morgan fingerprint density at radius 1 is 1.62 bits per heavy atom. The minimum atomic E-state index is -0.823. The number of carboxylic acids is 1. The van der Waals surface area contributed by atoms with Crippen LogP contribution in [0, 0.1) is 0 Å². The van der Waals surface area contributed by atoms with Crippen LogP contribution < -0.4 is 0 Å². The van der Waals surface area contributed by atoms with E-state index in [0.29, 0.717) is 0 Å². The van der Waals surface area contributed by atoms with Crippen molar-refractivity contribution in [1.82, 2.24) is 9.47 Å². The Hall–Kier alpha value is -1.29. The summed E-state index contributed by atoms with van der Waals surface area (Å²) in [5.74, 6) is -0.823. The molecule has 0 fully saturated rings. The molecule has 0 aromatic carbocycles. The monoisotopic (exact) mass is 182 g/mol. The summed E-state index contributed by atoms with van der Waals surface area (Å²) in [7, 11) is 5.38. The maximum atomic E-state index is 10.9. The number of aliphatic carboxylic acids is 1. The van der Waals surface area contributed by atoms with Gasteiger partial charge in [-0.2, -0.15) is 0 Å². The van der Waals surface area contributed by atoms with Gasteiger partial charge in [0.1, 0.15) is 6.04 Å². The molecule has 0 saturated carbocycles. The lowest BCUT2D eigenvalue weighted by molar-refractivity contribution is -0.142. The topological polar surface area (TPSA) is 45.5 Å². The zero-order chi connectivity index (χ0) is 10.0. The van der Waals surface area contributed by atoms with Crippen molar-refractivity contribution in [2.75, 3.05) is 14.1 Å². The summed E-state index contributed by atoms with van der Waals surface area (Å²) in [6.45, 7) is 0. The average Bonchev–Trinajstić information content (AvgIpc) is 2.34. The van der Waals surface area contributed by atoms with Crippen molar-refractivity contribution in [2.45, 2.75) is 6.04 Å². The number of hydrogen-bond donors (Lipinski definition) is 1. The molecular formula is C9H14N2O2. The van der Waals surface area contributed by atoms with E-state index >= 15 is 0 Å². The summed E-state index contributed by atoms with van der Waals surface area (Å²) in [5, 5.41) is 8.96. The number of rotatable bonds is 3.